The van der Waals surface area contributed by atoms with Gasteiger partial charge in [-0.1, -0.05) is 0 Å². The summed E-state index contributed by atoms with van der Waals surface area (Å²) >= 11 is 1.12. The molecule has 0 amide bonds. The molecule has 1 aromatic rings. The van der Waals surface area contributed by atoms with Gasteiger partial charge in [0, 0.05) is 22.8 Å². The number of hydrogen-bond acceptors (Lipinski definition) is 5. The first-order chi connectivity index (χ1) is 7.83. The highest BCUT2D eigenvalue weighted by Gasteiger charge is 2.29. The maximum atomic E-state index is 10.6. The van der Waals surface area contributed by atoms with Crippen LogP contribution in [0.3, 0.4) is 0 Å². The van der Waals surface area contributed by atoms with Gasteiger partial charge < -0.3 is 10.2 Å². The van der Waals surface area contributed by atoms with Gasteiger partial charge in [-0.3, -0.25) is 10.1 Å². The number of hydrogen-bond donors (Lipinski definition) is 2. The van der Waals surface area contributed by atoms with Crippen LogP contribution in [0, 0.1) is 10.1 Å². The van der Waals surface area contributed by atoms with E-state index in [9.17, 15) is 20.0 Å². The molecule has 1 rings (SSSR count). The predicted molar refractivity (Wildman–Crippen MR) is 62.1 cm³/mol. The second kappa shape index (κ2) is 5.15. The molecule has 0 aliphatic heterocycles. The van der Waals surface area contributed by atoms with E-state index in [1.807, 2.05) is 0 Å². The van der Waals surface area contributed by atoms with Crippen LogP contribution < -0.4 is 0 Å². The van der Waals surface area contributed by atoms with Gasteiger partial charge in [-0.25, -0.2) is 4.79 Å². The molecule has 0 saturated heterocycles. The lowest BCUT2D eigenvalue weighted by Crippen LogP contribution is -2.37. The molecule has 0 heterocycles. The minimum atomic E-state index is -1.81. The quantitative estimate of drug-likeness (QED) is 0.471. The maximum absolute atomic E-state index is 10.6. The van der Waals surface area contributed by atoms with Gasteiger partial charge in [0.1, 0.15) is 0 Å². The van der Waals surface area contributed by atoms with E-state index in [0.29, 0.717) is 4.90 Å². The lowest BCUT2D eigenvalue weighted by Gasteiger charge is -2.16. The molecule has 0 radical (unpaired) electrons. The third-order valence-corrected chi connectivity index (χ3v) is 3.34. The molecule has 0 spiro atoms. The summed E-state index contributed by atoms with van der Waals surface area (Å²) in [5, 5.41) is 28.6. The van der Waals surface area contributed by atoms with E-state index in [-0.39, 0.29) is 11.4 Å². The standard InChI is InChI=1S/C10H11NO5S/c1-10(14,9(12)13)6-17-8-4-2-7(3-5-8)11(15)16/h2-5,14H,6H2,1H3,(H,12,13). The summed E-state index contributed by atoms with van der Waals surface area (Å²) < 4.78 is 0. The van der Waals surface area contributed by atoms with Gasteiger partial charge in [-0.2, -0.15) is 0 Å². The molecule has 0 aliphatic carbocycles. The van der Waals surface area contributed by atoms with Crippen LogP contribution in [0.2, 0.25) is 0 Å². The SMILES string of the molecule is CC(O)(CSc1ccc([N+](=O)[O-])cc1)C(=O)O. The maximum Gasteiger partial charge on any atom is 0.336 e. The van der Waals surface area contributed by atoms with Crippen molar-refractivity contribution in [2.75, 3.05) is 5.75 Å². The van der Waals surface area contributed by atoms with Crippen LogP contribution in [0.1, 0.15) is 6.92 Å². The van der Waals surface area contributed by atoms with E-state index in [1.165, 1.54) is 31.2 Å². The highest BCUT2D eigenvalue weighted by atomic mass is 32.2. The Hall–Kier alpha value is -1.60. The topological polar surface area (TPSA) is 101 Å². The molecular formula is C10H11NO5S. The van der Waals surface area contributed by atoms with Gasteiger partial charge in [0.2, 0.25) is 0 Å². The molecule has 1 unspecified atom stereocenters. The van der Waals surface area contributed by atoms with E-state index < -0.39 is 16.5 Å². The van der Waals surface area contributed by atoms with Crippen molar-refractivity contribution in [1.29, 1.82) is 0 Å². The van der Waals surface area contributed by atoms with E-state index >= 15 is 0 Å². The summed E-state index contributed by atoms with van der Waals surface area (Å²) in [5.74, 6) is -1.33. The number of aliphatic hydroxyl groups is 1. The minimum Gasteiger partial charge on any atom is -0.479 e. The van der Waals surface area contributed by atoms with Gasteiger partial charge in [0.25, 0.3) is 5.69 Å². The monoisotopic (exact) mass is 257 g/mol. The van der Waals surface area contributed by atoms with Crippen molar-refractivity contribution >= 4 is 23.4 Å². The van der Waals surface area contributed by atoms with Crippen LogP contribution in [0.15, 0.2) is 29.2 Å². The van der Waals surface area contributed by atoms with Crippen molar-refractivity contribution in [1.82, 2.24) is 0 Å². The highest BCUT2D eigenvalue weighted by Crippen LogP contribution is 2.24. The van der Waals surface area contributed by atoms with Crippen molar-refractivity contribution < 1.29 is 19.9 Å². The number of aliphatic carboxylic acids is 1. The zero-order valence-electron chi connectivity index (χ0n) is 8.99. The van der Waals surface area contributed by atoms with Crippen LogP contribution in [0.5, 0.6) is 0 Å². The number of nitro benzene ring substituents is 1. The molecular weight excluding hydrogens is 246 g/mol. The van der Waals surface area contributed by atoms with Gasteiger partial charge in [-0.15, -0.1) is 11.8 Å². The Kier molecular flexibility index (Phi) is 4.08. The van der Waals surface area contributed by atoms with Crippen LogP contribution in [-0.4, -0.2) is 32.5 Å². The number of carboxylic acids is 1. The molecule has 6 nitrogen and oxygen atoms in total. The summed E-state index contributed by atoms with van der Waals surface area (Å²) in [4.78, 5) is 21.2. The fraction of sp³-hybridized carbons (Fsp3) is 0.300. The Morgan fingerprint density at radius 3 is 2.41 bits per heavy atom. The highest BCUT2D eigenvalue weighted by molar-refractivity contribution is 7.99. The number of carboxylic acid groups (broad SMARTS) is 1. The molecule has 1 aromatic carbocycles. The lowest BCUT2D eigenvalue weighted by molar-refractivity contribution is -0.384. The number of rotatable bonds is 5. The Bertz CT molecular complexity index is 429. The molecule has 92 valence electrons. The Balaban J connectivity index is 2.65. The average molecular weight is 257 g/mol. The van der Waals surface area contributed by atoms with E-state index in [0.717, 1.165) is 11.8 Å². The molecule has 1 atom stereocenters. The fourth-order valence-corrected chi connectivity index (χ4v) is 1.85. The molecule has 7 heteroatoms. The zero-order chi connectivity index (χ0) is 13.1. The van der Waals surface area contributed by atoms with E-state index in [4.69, 9.17) is 5.11 Å². The van der Waals surface area contributed by atoms with Crippen LogP contribution in [-0.2, 0) is 4.79 Å². The fourth-order valence-electron chi connectivity index (χ4n) is 0.950. The summed E-state index contributed by atoms with van der Waals surface area (Å²) in [7, 11) is 0. The second-order valence-corrected chi connectivity index (χ2v) is 4.67. The summed E-state index contributed by atoms with van der Waals surface area (Å²) in [5.41, 5.74) is -1.84. The first-order valence-electron chi connectivity index (χ1n) is 4.66. The van der Waals surface area contributed by atoms with Gasteiger partial charge in [0.15, 0.2) is 5.60 Å². The summed E-state index contributed by atoms with van der Waals surface area (Å²) in [6, 6.07) is 5.69. The number of nitro groups is 1. The van der Waals surface area contributed by atoms with Crippen LogP contribution >= 0.6 is 11.8 Å². The van der Waals surface area contributed by atoms with Crippen LogP contribution in [0.25, 0.3) is 0 Å². The molecule has 17 heavy (non-hydrogen) atoms. The Morgan fingerprint density at radius 2 is 2.00 bits per heavy atom. The first-order valence-corrected chi connectivity index (χ1v) is 5.64. The molecule has 0 fully saturated rings. The number of nitrogens with zero attached hydrogens (tertiary/aromatic N) is 1. The summed E-state index contributed by atoms with van der Waals surface area (Å²) in [6.07, 6.45) is 0. The van der Waals surface area contributed by atoms with Crippen LogP contribution in [0.4, 0.5) is 5.69 Å². The Morgan fingerprint density at radius 1 is 1.47 bits per heavy atom. The van der Waals surface area contributed by atoms with Crippen molar-refractivity contribution in [2.24, 2.45) is 0 Å². The smallest absolute Gasteiger partial charge is 0.336 e. The minimum absolute atomic E-state index is 0.0276. The largest absolute Gasteiger partial charge is 0.479 e. The predicted octanol–water partition coefficient (Wildman–Crippen LogP) is 1.52. The number of thioether (sulfide) groups is 1. The summed E-state index contributed by atoms with van der Waals surface area (Å²) in [6.45, 7) is 1.20. The zero-order valence-corrected chi connectivity index (χ0v) is 9.81. The third kappa shape index (κ3) is 3.72. The molecule has 0 saturated carbocycles. The average Bonchev–Trinajstić information content (AvgIpc) is 2.27. The molecule has 0 aromatic heterocycles. The second-order valence-electron chi connectivity index (χ2n) is 3.62. The third-order valence-electron chi connectivity index (χ3n) is 2.03. The van der Waals surface area contributed by atoms with Crippen molar-refractivity contribution in [2.45, 2.75) is 17.4 Å². The Labute approximate surface area is 101 Å². The molecule has 2 N–H and O–H groups in total. The van der Waals surface area contributed by atoms with Crippen molar-refractivity contribution in [3.05, 3.63) is 34.4 Å². The lowest BCUT2D eigenvalue weighted by atomic mass is 10.1. The van der Waals surface area contributed by atoms with Gasteiger partial charge in [0.05, 0.1) is 4.92 Å². The first kappa shape index (κ1) is 13.5. The molecule has 0 aliphatic rings. The van der Waals surface area contributed by atoms with E-state index in [2.05, 4.69) is 0 Å². The number of benzene rings is 1. The van der Waals surface area contributed by atoms with E-state index in [1.54, 1.807) is 0 Å². The van der Waals surface area contributed by atoms with Crippen molar-refractivity contribution in [3.63, 3.8) is 0 Å². The van der Waals surface area contributed by atoms with Gasteiger partial charge >= 0.3 is 5.97 Å². The number of carbonyl (C=O) groups is 1. The normalized spacial score (nSPS) is 14.0. The molecule has 0 bridgehead atoms. The van der Waals surface area contributed by atoms with Crippen molar-refractivity contribution in [3.8, 4) is 0 Å². The number of non-ortho nitro benzene ring substituents is 1. The van der Waals surface area contributed by atoms with Gasteiger partial charge in [-0.05, 0) is 19.1 Å².